The lowest BCUT2D eigenvalue weighted by molar-refractivity contribution is -0.384. The summed E-state index contributed by atoms with van der Waals surface area (Å²) in [7, 11) is 0. The highest BCUT2D eigenvalue weighted by Crippen LogP contribution is 2.18. The Bertz CT molecular complexity index is 973. The van der Waals surface area contributed by atoms with E-state index >= 15 is 0 Å². The van der Waals surface area contributed by atoms with Crippen molar-refractivity contribution in [2.75, 3.05) is 0 Å². The number of fused-ring (bicyclic) bond motifs is 1. The van der Waals surface area contributed by atoms with E-state index < -0.39 is 16.0 Å². The van der Waals surface area contributed by atoms with E-state index in [0.29, 0.717) is 11.0 Å². The van der Waals surface area contributed by atoms with Gasteiger partial charge in [0.1, 0.15) is 0 Å². The van der Waals surface area contributed by atoms with E-state index in [4.69, 9.17) is 0 Å². The molecular formula is C15H10N3O4. The summed E-state index contributed by atoms with van der Waals surface area (Å²) in [5.41, 5.74) is -0.178. The standard InChI is InChI=1S/C15H10N3O4/c19-14-15(20)17(9-10-4-2-1-3-5-10)13-8-11(18(21)22)6-7-12(13)16-14/h2-8H,9H2,(H,16,19). The third-order valence-corrected chi connectivity index (χ3v) is 3.30. The molecular weight excluding hydrogens is 286 g/mol. The van der Waals surface area contributed by atoms with Gasteiger partial charge in [0.05, 0.1) is 22.5 Å². The summed E-state index contributed by atoms with van der Waals surface area (Å²) in [5.74, 6) is 0. The molecule has 109 valence electrons. The van der Waals surface area contributed by atoms with Gasteiger partial charge in [-0.25, -0.2) is 0 Å². The number of nitro groups is 1. The number of nitrogens with one attached hydrogen (secondary N) is 1. The van der Waals surface area contributed by atoms with Gasteiger partial charge in [0, 0.05) is 12.1 Å². The Balaban J connectivity index is 2.28. The van der Waals surface area contributed by atoms with Crippen LogP contribution in [-0.2, 0) is 6.54 Å². The lowest BCUT2D eigenvalue weighted by atomic mass is 10.2. The van der Waals surface area contributed by atoms with Crippen LogP contribution >= 0.6 is 0 Å². The summed E-state index contributed by atoms with van der Waals surface area (Å²) in [6.07, 6.45) is 0. The molecule has 0 spiro atoms. The van der Waals surface area contributed by atoms with Gasteiger partial charge in [-0.3, -0.25) is 24.3 Å². The molecule has 2 aromatic carbocycles. The highest BCUT2D eigenvalue weighted by atomic mass is 16.6. The van der Waals surface area contributed by atoms with Crippen molar-refractivity contribution in [2.45, 2.75) is 6.54 Å². The lowest BCUT2D eigenvalue weighted by Crippen LogP contribution is -2.36. The zero-order valence-corrected chi connectivity index (χ0v) is 11.3. The molecule has 1 heterocycles. The Morgan fingerprint density at radius 2 is 1.91 bits per heavy atom. The third kappa shape index (κ3) is 2.39. The maximum Gasteiger partial charge on any atom is 0.317 e. The molecule has 0 unspecified atom stereocenters. The molecule has 0 saturated heterocycles. The summed E-state index contributed by atoms with van der Waals surface area (Å²) in [6.45, 7) is 0.148. The Hall–Kier alpha value is -3.22. The molecule has 0 aliphatic heterocycles. The molecule has 0 bridgehead atoms. The van der Waals surface area contributed by atoms with Gasteiger partial charge in [-0.05, 0) is 17.7 Å². The second-order valence-corrected chi connectivity index (χ2v) is 4.71. The van der Waals surface area contributed by atoms with Gasteiger partial charge in [0.25, 0.3) is 5.69 Å². The minimum atomic E-state index is -0.760. The molecule has 1 N–H and O–H groups in total. The summed E-state index contributed by atoms with van der Waals surface area (Å²) in [5, 5.41) is 10.9. The minimum absolute atomic E-state index is 0.144. The largest absolute Gasteiger partial charge is 0.317 e. The molecule has 3 rings (SSSR count). The first kappa shape index (κ1) is 13.7. The van der Waals surface area contributed by atoms with Gasteiger partial charge < -0.3 is 4.98 Å². The number of aromatic nitrogens is 2. The SMILES string of the molecule is O=c1[nH]c2ccc([N+](=O)[O-])cc2n(Cc2cc[c]cc2)c1=O. The lowest BCUT2D eigenvalue weighted by Gasteiger charge is -2.09. The second kappa shape index (κ2) is 5.28. The van der Waals surface area contributed by atoms with Crippen LogP contribution in [0.5, 0.6) is 0 Å². The monoisotopic (exact) mass is 296 g/mol. The molecule has 0 saturated carbocycles. The average molecular weight is 296 g/mol. The van der Waals surface area contributed by atoms with Gasteiger partial charge in [-0.2, -0.15) is 0 Å². The minimum Gasteiger partial charge on any atom is -0.316 e. The number of rotatable bonds is 3. The number of hydrogen-bond donors (Lipinski definition) is 1. The molecule has 7 nitrogen and oxygen atoms in total. The second-order valence-electron chi connectivity index (χ2n) is 4.71. The Morgan fingerprint density at radius 1 is 1.18 bits per heavy atom. The van der Waals surface area contributed by atoms with Crippen LogP contribution in [-0.4, -0.2) is 14.5 Å². The van der Waals surface area contributed by atoms with E-state index in [2.05, 4.69) is 11.1 Å². The molecule has 0 aliphatic rings. The predicted octanol–water partition coefficient (Wildman–Crippen LogP) is 1.45. The van der Waals surface area contributed by atoms with Crippen molar-refractivity contribution >= 4 is 16.7 Å². The van der Waals surface area contributed by atoms with Gasteiger partial charge in [-0.15, -0.1) is 0 Å². The third-order valence-electron chi connectivity index (χ3n) is 3.30. The average Bonchev–Trinajstić information content (AvgIpc) is 2.52. The van der Waals surface area contributed by atoms with Crippen LogP contribution in [0.4, 0.5) is 5.69 Å². The van der Waals surface area contributed by atoms with E-state index in [1.54, 1.807) is 24.3 Å². The number of nitro benzene ring substituents is 1. The van der Waals surface area contributed by atoms with E-state index in [1.807, 2.05) is 0 Å². The van der Waals surface area contributed by atoms with E-state index in [1.165, 1.54) is 22.8 Å². The van der Waals surface area contributed by atoms with Crippen molar-refractivity contribution < 1.29 is 4.92 Å². The van der Waals surface area contributed by atoms with Gasteiger partial charge in [-0.1, -0.05) is 24.3 Å². The molecule has 7 heteroatoms. The van der Waals surface area contributed by atoms with Gasteiger partial charge >= 0.3 is 11.1 Å². The van der Waals surface area contributed by atoms with Crippen LogP contribution in [0.25, 0.3) is 11.0 Å². The first-order valence-electron chi connectivity index (χ1n) is 6.42. The maximum atomic E-state index is 12.1. The zero-order valence-electron chi connectivity index (χ0n) is 11.3. The topological polar surface area (TPSA) is 98.0 Å². The Morgan fingerprint density at radius 3 is 2.59 bits per heavy atom. The summed E-state index contributed by atoms with van der Waals surface area (Å²) < 4.78 is 1.23. The first-order chi connectivity index (χ1) is 10.6. The quantitative estimate of drug-likeness (QED) is 0.449. The number of benzene rings is 2. The van der Waals surface area contributed by atoms with Crippen molar-refractivity contribution in [1.29, 1.82) is 0 Å². The van der Waals surface area contributed by atoms with Crippen molar-refractivity contribution in [1.82, 2.24) is 9.55 Å². The number of H-pyrrole nitrogens is 1. The zero-order chi connectivity index (χ0) is 15.7. The summed E-state index contributed by atoms with van der Waals surface area (Å²) in [4.78, 5) is 36.6. The van der Waals surface area contributed by atoms with Crippen molar-refractivity contribution in [2.24, 2.45) is 0 Å². The Labute approximate surface area is 123 Å². The number of hydrogen-bond acceptors (Lipinski definition) is 4. The number of nitrogens with zero attached hydrogens (tertiary/aromatic N) is 2. The van der Waals surface area contributed by atoms with Crippen molar-refractivity contribution in [3.63, 3.8) is 0 Å². The van der Waals surface area contributed by atoms with E-state index in [0.717, 1.165) is 5.56 Å². The molecule has 0 fully saturated rings. The van der Waals surface area contributed by atoms with Crippen LogP contribution < -0.4 is 11.1 Å². The fourth-order valence-electron chi connectivity index (χ4n) is 2.24. The highest BCUT2D eigenvalue weighted by Gasteiger charge is 2.12. The smallest absolute Gasteiger partial charge is 0.316 e. The van der Waals surface area contributed by atoms with E-state index in [9.17, 15) is 19.7 Å². The molecule has 22 heavy (non-hydrogen) atoms. The van der Waals surface area contributed by atoms with Crippen molar-refractivity contribution in [3.8, 4) is 0 Å². The first-order valence-corrected chi connectivity index (χ1v) is 6.42. The summed E-state index contributed by atoms with van der Waals surface area (Å²) >= 11 is 0. The molecule has 3 aromatic rings. The normalized spacial score (nSPS) is 10.7. The summed E-state index contributed by atoms with van der Waals surface area (Å²) in [6, 6.07) is 13.7. The van der Waals surface area contributed by atoms with Crippen LogP contribution in [0.15, 0.2) is 52.1 Å². The predicted molar refractivity (Wildman–Crippen MR) is 79.9 cm³/mol. The number of non-ortho nitro benzene ring substituents is 1. The van der Waals surface area contributed by atoms with Gasteiger partial charge in [0.15, 0.2) is 0 Å². The fraction of sp³-hybridized carbons (Fsp3) is 0.0667. The van der Waals surface area contributed by atoms with E-state index in [-0.39, 0.29) is 12.2 Å². The number of aromatic amines is 1. The maximum absolute atomic E-state index is 12.1. The van der Waals surface area contributed by atoms with Gasteiger partial charge in [0.2, 0.25) is 0 Å². The highest BCUT2D eigenvalue weighted by molar-refractivity contribution is 5.77. The molecule has 0 amide bonds. The van der Waals surface area contributed by atoms with Crippen LogP contribution in [0, 0.1) is 16.2 Å². The molecule has 0 atom stereocenters. The molecule has 0 aliphatic carbocycles. The van der Waals surface area contributed by atoms with Crippen LogP contribution in [0.1, 0.15) is 5.56 Å². The van der Waals surface area contributed by atoms with Crippen LogP contribution in [0.3, 0.4) is 0 Å². The molecule has 1 aromatic heterocycles. The molecule has 1 radical (unpaired) electrons. The van der Waals surface area contributed by atoms with Crippen LogP contribution in [0.2, 0.25) is 0 Å². The fourth-order valence-corrected chi connectivity index (χ4v) is 2.24. The van der Waals surface area contributed by atoms with Crippen molar-refractivity contribution in [3.05, 3.63) is 84.9 Å². The Kier molecular flexibility index (Phi) is 3.30.